The number of aromatic nitrogens is 1. The average Bonchev–Trinajstić information content (AvgIpc) is 3.86. The van der Waals surface area contributed by atoms with Crippen molar-refractivity contribution < 1.29 is 4.42 Å². The molecular weight excluding hydrogens is 701 g/mol. The first-order valence-corrected chi connectivity index (χ1v) is 20.3. The molecular formula is C52H44N2OS. The molecule has 0 aliphatic rings. The fraction of sp³-hybridized carbons (Fsp3) is 0.154. The lowest BCUT2D eigenvalue weighted by molar-refractivity contribution is 0.590. The van der Waals surface area contributed by atoms with Crippen LogP contribution in [-0.4, -0.2) is 4.57 Å². The number of benzene rings is 7. The topological polar surface area (TPSA) is 21.3 Å². The maximum Gasteiger partial charge on any atom is 0.213 e. The fourth-order valence-electron chi connectivity index (χ4n) is 8.22. The summed E-state index contributed by atoms with van der Waals surface area (Å²) in [6.07, 6.45) is 0. The van der Waals surface area contributed by atoms with Crippen molar-refractivity contribution in [2.24, 2.45) is 0 Å². The summed E-state index contributed by atoms with van der Waals surface area (Å²) in [5.74, 6) is 0. The smallest absolute Gasteiger partial charge is 0.213 e. The molecule has 274 valence electrons. The molecule has 3 aromatic heterocycles. The number of rotatable bonds is 5. The molecule has 10 aromatic rings. The van der Waals surface area contributed by atoms with Gasteiger partial charge in [0.25, 0.3) is 0 Å². The molecule has 56 heavy (non-hydrogen) atoms. The highest BCUT2D eigenvalue weighted by molar-refractivity contribution is 7.25. The molecule has 3 nitrogen and oxygen atoms in total. The van der Waals surface area contributed by atoms with E-state index < -0.39 is 0 Å². The van der Waals surface area contributed by atoms with Crippen LogP contribution < -0.4 is 4.90 Å². The van der Waals surface area contributed by atoms with Gasteiger partial charge in [0, 0.05) is 53.7 Å². The van der Waals surface area contributed by atoms with Crippen LogP contribution in [0.5, 0.6) is 0 Å². The third-order valence-electron chi connectivity index (χ3n) is 11.3. The Balaban J connectivity index is 1.14. The van der Waals surface area contributed by atoms with Gasteiger partial charge in [-0.1, -0.05) is 120 Å². The Kier molecular flexibility index (Phi) is 7.82. The normalized spacial score (nSPS) is 12.5. The summed E-state index contributed by atoms with van der Waals surface area (Å²) in [5, 5.41) is 6.16. The number of anilines is 3. The van der Waals surface area contributed by atoms with Crippen LogP contribution >= 0.6 is 11.3 Å². The van der Waals surface area contributed by atoms with Crippen molar-refractivity contribution >= 4 is 81.5 Å². The number of nitrogens with zero attached hydrogens (tertiary/aromatic N) is 2. The summed E-state index contributed by atoms with van der Waals surface area (Å²) in [5.41, 5.74) is 12.4. The molecule has 0 fully saturated rings. The number of furan rings is 1. The number of hydrogen-bond donors (Lipinski definition) is 0. The molecule has 4 heteroatoms. The molecule has 0 saturated carbocycles. The van der Waals surface area contributed by atoms with Crippen molar-refractivity contribution in [3.8, 4) is 16.8 Å². The van der Waals surface area contributed by atoms with Gasteiger partial charge >= 0.3 is 0 Å². The van der Waals surface area contributed by atoms with Crippen LogP contribution in [0.3, 0.4) is 0 Å². The van der Waals surface area contributed by atoms with E-state index in [1.54, 1.807) is 0 Å². The predicted molar refractivity (Wildman–Crippen MR) is 241 cm³/mol. The monoisotopic (exact) mass is 744 g/mol. The minimum atomic E-state index is 0.0159. The third kappa shape index (κ3) is 5.70. The first kappa shape index (κ1) is 34.4. The number of fused-ring (bicyclic) bond motifs is 8. The van der Waals surface area contributed by atoms with Crippen molar-refractivity contribution in [1.82, 2.24) is 4.57 Å². The molecule has 0 bridgehead atoms. The van der Waals surface area contributed by atoms with Gasteiger partial charge in [0.2, 0.25) is 5.71 Å². The van der Waals surface area contributed by atoms with Crippen molar-refractivity contribution in [3.63, 3.8) is 0 Å². The second kappa shape index (κ2) is 12.7. The van der Waals surface area contributed by atoms with E-state index in [0.29, 0.717) is 0 Å². The van der Waals surface area contributed by atoms with Crippen LogP contribution in [0.4, 0.5) is 17.1 Å². The molecule has 10 rings (SSSR count). The molecule has 0 saturated heterocycles. The van der Waals surface area contributed by atoms with Gasteiger partial charge in [-0.15, -0.1) is 11.3 Å². The van der Waals surface area contributed by atoms with E-state index in [1.165, 1.54) is 58.6 Å². The van der Waals surface area contributed by atoms with Crippen LogP contribution in [0.2, 0.25) is 0 Å². The zero-order chi connectivity index (χ0) is 38.3. The van der Waals surface area contributed by atoms with E-state index in [-0.39, 0.29) is 10.8 Å². The predicted octanol–water partition coefficient (Wildman–Crippen LogP) is 15.6. The highest BCUT2D eigenvalue weighted by Crippen LogP contribution is 2.44. The lowest BCUT2D eigenvalue weighted by atomic mass is 9.85. The molecule has 0 aliphatic heterocycles. The minimum Gasteiger partial charge on any atom is -0.439 e. The Morgan fingerprint density at radius 2 is 1.07 bits per heavy atom. The van der Waals surface area contributed by atoms with Crippen LogP contribution in [-0.2, 0) is 10.8 Å². The van der Waals surface area contributed by atoms with Gasteiger partial charge in [0.1, 0.15) is 5.58 Å². The summed E-state index contributed by atoms with van der Waals surface area (Å²) in [6, 6.07) is 57.7. The lowest BCUT2D eigenvalue weighted by Gasteiger charge is -2.26. The second-order valence-corrected chi connectivity index (χ2v) is 18.2. The van der Waals surface area contributed by atoms with Crippen molar-refractivity contribution in [1.29, 1.82) is 0 Å². The zero-order valence-corrected chi connectivity index (χ0v) is 33.5. The first-order chi connectivity index (χ1) is 27.0. The Morgan fingerprint density at radius 1 is 0.482 bits per heavy atom. The maximum atomic E-state index is 6.80. The molecule has 0 aliphatic carbocycles. The lowest BCUT2D eigenvalue weighted by Crippen LogP contribution is -2.10. The van der Waals surface area contributed by atoms with Crippen LogP contribution in [0.25, 0.3) is 70.0 Å². The molecule has 0 unspecified atom stereocenters. The molecule has 7 aromatic carbocycles. The summed E-state index contributed by atoms with van der Waals surface area (Å²) < 4.78 is 11.7. The highest BCUT2D eigenvalue weighted by atomic mass is 32.1. The molecule has 0 amide bonds. The van der Waals surface area contributed by atoms with E-state index in [9.17, 15) is 0 Å². The van der Waals surface area contributed by atoms with Gasteiger partial charge in [-0.25, -0.2) is 0 Å². The summed E-state index contributed by atoms with van der Waals surface area (Å²) >= 11 is 1.85. The Bertz CT molecular complexity index is 3080. The van der Waals surface area contributed by atoms with Crippen molar-refractivity contribution in [2.45, 2.75) is 52.4 Å². The van der Waals surface area contributed by atoms with Gasteiger partial charge in [0.15, 0.2) is 0 Å². The Labute approximate surface area is 332 Å². The summed E-state index contributed by atoms with van der Waals surface area (Å²) in [7, 11) is 0. The quantitative estimate of drug-likeness (QED) is 0.175. The Hall–Kier alpha value is -6.10. The molecule has 3 heterocycles. The van der Waals surface area contributed by atoms with Gasteiger partial charge in [-0.05, 0) is 112 Å². The van der Waals surface area contributed by atoms with Crippen molar-refractivity contribution in [2.75, 3.05) is 4.90 Å². The van der Waals surface area contributed by atoms with E-state index in [0.717, 1.165) is 39.6 Å². The fourth-order valence-corrected chi connectivity index (χ4v) is 9.36. The van der Waals surface area contributed by atoms with E-state index in [1.807, 2.05) is 11.3 Å². The van der Waals surface area contributed by atoms with Crippen LogP contribution in [0, 0.1) is 0 Å². The van der Waals surface area contributed by atoms with E-state index in [2.05, 4.69) is 209 Å². The van der Waals surface area contributed by atoms with Gasteiger partial charge in [-0.3, -0.25) is 4.57 Å². The standard InChI is InChI=1S/C52H44N2OS/c1-51(2,3)35-18-28-45-43(30-35)49-44-31-36(52(4,5)6)19-29-46(44)55-50(49)54(45)39-24-22-38(23-25-39)53(37-20-16-34(17-21-37)33-12-8-7-9-13-33)40-26-27-42-41-14-10-11-15-47(41)56-48(42)32-40/h7-32H,1-6H3. The third-order valence-corrected chi connectivity index (χ3v) is 12.5. The first-order valence-electron chi connectivity index (χ1n) is 19.5. The number of hydrogen-bond acceptors (Lipinski definition) is 3. The summed E-state index contributed by atoms with van der Waals surface area (Å²) in [4.78, 5) is 2.37. The number of thiophene rings is 1. The van der Waals surface area contributed by atoms with Gasteiger partial charge in [-0.2, -0.15) is 0 Å². The highest BCUT2D eigenvalue weighted by Gasteiger charge is 2.24. The van der Waals surface area contributed by atoms with E-state index in [4.69, 9.17) is 4.42 Å². The average molecular weight is 745 g/mol. The molecule has 0 atom stereocenters. The Morgan fingerprint density at radius 3 is 1.79 bits per heavy atom. The second-order valence-electron chi connectivity index (χ2n) is 17.1. The van der Waals surface area contributed by atoms with E-state index >= 15 is 0 Å². The minimum absolute atomic E-state index is 0.0159. The summed E-state index contributed by atoms with van der Waals surface area (Å²) in [6.45, 7) is 13.7. The molecule has 0 radical (unpaired) electrons. The molecule has 0 N–H and O–H groups in total. The van der Waals surface area contributed by atoms with Crippen LogP contribution in [0.1, 0.15) is 52.7 Å². The van der Waals surface area contributed by atoms with Crippen LogP contribution in [0.15, 0.2) is 162 Å². The largest absolute Gasteiger partial charge is 0.439 e. The van der Waals surface area contributed by atoms with Gasteiger partial charge in [0.05, 0.1) is 10.9 Å². The zero-order valence-electron chi connectivity index (χ0n) is 32.7. The molecule has 0 spiro atoms. The van der Waals surface area contributed by atoms with Crippen molar-refractivity contribution in [3.05, 3.63) is 169 Å². The SMILES string of the molecule is CC(C)(C)c1ccc2oc3c(c2c1)c1cc(C(C)(C)C)ccc1n3-c1ccc(N(c2ccc(-c3ccccc3)cc2)c2ccc3c(c2)sc2ccccc23)cc1. The van der Waals surface area contributed by atoms with Gasteiger partial charge < -0.3 is 9.32 Å². The maximum absolute atomic E-state index is 6.80.